The number of guanidine groups is 1. The highest BCUT2D eigenvalue weighted by atomic mass is 16.5. The Balaban J connectivity index is 2.51. The molecule has 22 heavy (non-hydrogen) atoms. The molecule has 0 aliphatic carbocycles. The Morgan fingerprint density at radius 1 is 1.36 bits per heavy atom. The second kappa shape index (κ2) is 10.7. The summed E-state index contributed by atoms with van der Waals surface area (Å²) >= 11 is 0. The number of aliphatic imine (C=N–C) groups is 1. The maximum absolute atomic E-state index is 5.17. The summed E-state index contributed by atoms with van der Waals surface area (Å²) in [6, 6.07) is 8.17. The summed E-state index contributed by atoms with van der Waals surface area (Å²) in [6.07, 6.45) is 5.03. The average Bonchev–Trinajstić information content (AvgIpc) is 2.55. The molecule has 1 rings (SSSR count). The molecule has 0 fully saturated rings. The number of ether oxygens (including phenoxy) is 1. The number of benzene rings is 1. The topological polar surface area (TPSA) is 36.9 Å². The van der Waals surface area contributed by atoms with Gasteiger partial charge in [-0.3, -0.25) is 4.99 Å². The van der Waals surface area contributed by atoms with Crippen LogP contribution < -0.4 is 10.1 Å². The molecule has 0 heterocycles. The molecule has 0 amide bonds. The van der Waals surface area contributed by atoms with E-state index in [1.165, 1.54) is 5.56 Å². The summed E-state index contributed by atoms with van der Waals surface area (Å²) in [5, 5.41) is 3.34. The molecule has 0 atom stereocenters. The van der Waals surface area contributed by atoms with Gasteiger partial charge in [0.2, 0.25) is 0 Å². The highest BCUT2D eigenvalue weighted by Gasteiger charge is 2.04. The Kier molecular flexibility index (Phi) is 8.80. The monoisotopic (exact) mass is 303 g/mol. The second-order valence-electron chi connectivity index (χ2n) is 5.19. The number of rotatable bonds is 9. The fraction of sp³-hybridized carbons (Fsp3) is 0.500. The summed E-state index contributed by atoms with van der Waals surface area (Å²) in [4.78, 5) is 6.89. The summed E-state index contributed by atoms with van der Waals surface area (Å²) in [5.41, 5.74) is 1.27. The van der Waals surface area contributed by atoms with Crippen molar-refractivity contribution >= 4 is 5.96 Å². The van der Waals surface area contributed by atoms with E-state index in [-0.39, 0.29) is 0 Å². The lowest BCUT2D eigenvalue weighted by Gasteiger charge is -2.21. The van der Waals surface area contributed by atoms with Crippen LogP contribution in [0, 0.1) is 0 Å². The van der Waals surface area contributed by atoms with Crippen LogP contribution in [0.3, 0.4) is 0 Å². The molecule has 4 nitrogen and oxygen atoms in total. The van der Waals surface area contributed by atoms with Gasteiger partial charge in [-0.1, -0.05) is 18.2 Å². The minimum Gasteiger partial charge on any atom is -0.497 e. The molecule has 0 spiro atoms. The van der Waals surface area contributed by atoms with Crippen molar-refractivity contribution < 1.29 is 4.74 Å². The van der Waals surface area contributed by atoms with E-state index >= 15 is 0 Å². The minimum atomic E-state index is 0.778. The van der Waals surface area contributed by atoms with E-state index in [0.717, 1.165) is 50.6 Å². The van der Waals surface area contributed by atoms with Crippen LogP contribution in [0.15, 0.2) is 41.9 Å². The van der Waals surface area contributed by atoms with Crippen LogP contribution in [-0.2, 0) is 6.42 Å². The van der Waals surface area contributed by atoms with Gasteiger partial charge < -0.3 is 15.0 Å². The predicted octanol–water partition coefficient (Wildman–Crippen LogP) is 3.10. The van der Waals surface area contributed by atoms with Crippen molar-refractivity contribution in [2.24, 2.45) is 4.99 Å². The van der Waals surface area contributed by atoms with Crippen molar-refractivity contribution in [1.82, 2.24) is 10.2 Å². The molecule has 1 N–H and O–H groups in total. The predicted molar refractivity (Wildman–Crippen MR) is 94.7 cm³/mol. The molecule has 1 aromatic rings. The van der Waals surface area contributed by atoms with Crippen LogP contribution in [0.25, 0.3) is 0 Å². The Labute approximate surface area is 134 Å². The molecule has 4 heteroatoms. The fourth-order valence-corrected chi connectivity index (χ4v) is 2.13. The number of nitrogens with one attached hydrogen (secondary N) is 1. The number of methoxy groups -OCH3 is 1. The quantitative estimate of drug-likeness (QED) is 0.330. The van der Waals surface area contributed by atoms with Crippen molar-refractivity contribution in [3.63, 3.8) is 0 Å². The third kappa shape index (κ3) is 6.66. The van der Waals surface area contributed by atoms with E-state index in [2.05, 4.69) is 42.9 Å². The lowest BCUT2D eigenvalue weighted by molar-refractivity contribution is 0.414. The van der Waals surface area contributed by atoms with Crippen molar-refractivity contribution in [3.8, 4) is 5.75 Å². The normalized spacial score (nSPS) is 11.1. The minimum absolute atomic E-state index is 0.778. The van der Waals surface area contributed by atoms with Crippen LogP contribution in [0.4, 0.5) is 0 Å². The Morgan fingerprint density at radius 2 is 2.09 bits per heavy atom. The van der Waals surface area contributed by atoms with Crippen molar-refractivity contribution in [2.75, 3.05) is 33.8 Å². The Bertz CT molecular complexity index is 454. The molecule has 0 bridgehead atoms. The van der Waals surface area contributed by atoms with Gasteiger partial charge in [0.1, 0.15) is 5.75 Å². The summed E-state index contributed by atoms with van der Waals surface area (Å²) in [7, 11) is 3.77. The van der Waals surface area contributed by atoms with Crippen LogP contribution >= 0.6 is 0 Å². The van der Waals surface area contributed by atoms with Crippen molar-refractivity contribution in [3.05, 3.63) is 42.5 Å². The number of hydrogen-bond donors (Lipinski definition) is 1. The number of unbranched alkanes of at least 4 members (excludes halogenated alkanes) is 1. The summed E-state index contributed by atoms with van der Waals surface area (Å²) in [5.74, 6) is 1.86. The third-order valence-corrected chi connectivity index (χ3v) is 3.42. The Morgan fingerprint density at radius 3 is 2.68 bits per heavy atom. The zero-order valence-electron chi connectivity index (χ0n) is 14.1. The smallest absolute Gasteiger partial charge is 0.193 e. The molecule has 1 aromatic carbocycles. The molecule has 0 radical (unpaired) electrons. The highest BCUT2D eigenvalue weighted by Crippen LogP contribution is 2.11. The van der Waals surface area contributed by atoms with Crippen LogP contribution in [0.5, 0.6) is 5.75 Å². The largest absolute Gasteiger partial charge is 0.497 e. The molecule has 0 unspecified atom stereocenters. The fourth-order valence-electron chi connectivity index (χ4n) is 2.13. The summed E-state index contributed by atoms with van der Waals surface area (Å²) < 4.78 is 5.17. The molecular formula is C18H29N3O. The number of hydrogen-bond acceptors (Lipinski definition) is 2. The van der Waals surface area contributed by atoms with Gasteiger partial charge in [0, 0.05) is 26.7 Å². The average molecular weight is 303 g/mol. The van der Waals surface area contributed by atoms with E-state index in [0.29, 0.717) is 0 Å². The first-order valence-corrected chi connectivity index (χ1v) is 7.94. The van der Waals surface area contributed by atoms with Gasteiger partial charge in [-0.25, -0.2) is 0 Å². The molecular weight excluding hydrogens is 274 g/mol. The van der Waals surface area contributed by atoms with Gasteiger partial charge >= 0.3 is 0 Å². The van der Waals surface area contributed by atoms with Gasteiger partial charge in [-0.15, -0.1) is 6.58 Å². The van der Waals surface area contributed by atoms with E-state index in [1.807, 2.05) is 18.2 Å². The van der Waals surface area contributed by atoms with E-state index in [4.69, 9.17) is 9.73 Å². The van der Waals surface area contributed by atoms with Gasteiger partial charge in [0.25, 0.3) is 0 Å². The van der Waals surface area contributed by atoms with Crippen LogP contribution in [-0.4, -0.2) is 44.7 Å². The van der Waals surface area contributed by atoms with Gasteiger partial charge in [-0.05, 0) is 43.9 Å². The maximum atomic E-state index is 5.17. The van der Waals surface area contributed by atoms with E-state index < -0.39 is 0 Å². The van der Waals surface area contributed by atoms with E-state index in [1.54, 1.807) is 7.11 Å². The standard InChI is InChI=1S/C18H29N3O/c1-5-7-8-15-21(3)18(19-6-2)20-14-13-16-9-11-17(22-4)12-10-16/h5,9-12H,1,6-8,13-15H2,2-4H3,(H,19,20). The van der Waals surface area contributed by atoms with Crippen molar-refractivity contribution in [2.45, 2.75) is 26.2 Å². The van der Waals surface area contributed by atoms with Crippen molar-refractivity contribution in [1.29, 1.82) is 0 Å². The van der Waals surface area contributed by atoms with Gasteiger partial charge in [-0.2, -0.15) is 0 Å². The van der Waals surface area contributed by atoms with Crippen LogP contribution in [0.2, 0.25) is 0 Å². The zero-order valence-corrected chi connectivity index (χ0v) is 14.1. The first-order valence-electron chi connectivity index (χ1n) is 7.94. The van der Waals surface area contributed by atoms with E-state index in [9.17, 15) is 0 Å². The number of allylic oxidation sites excluding steroid dienone is 1. The third-order valence-electron chi connectivity index (χ3n) is 3.42. The lowest BCUT2D eigenvalue weighted by atomic mass is 10.1. The molecule has 122 valence electrons. The SMILES string of the molecule is C=CCCCN(C)C(=NCCc1ccc(OC)cc1)NCC. The van der Waals surface area contributed by atoms with Gasteiger partial charge in [0.15, 0.2) is 5.96 Å². The first kappa shape index (κ1) is 18.1. The molecule has 0 saturated heterocycles. The Hall–Kier alpha value is -1.97. The van der Waals surface area contributed by atoms with Crippen LogP contribution in [0.1, 0.15) is 25.3 Å². The number of nitrogens with zero attached hydrogens (tertiary/aromatic N) is 2. The second-order valence-corrected chi connectivity index (χ2v) is 5.19. The molecule has 0 saturated carbocycles. The first-order chi connectivity index (χ1) is 10.7. The summed E-state index contributed by atoms with van der Waals surface area (Å²) in [6.45, 7) is 8.50. The lowest BCUT2D eigenvalue weighted by Crippen LogP contribution is -2.39. The molecule has 0 aliphatic rings. The molecule has 0 aliphatic heterocycles. The highest BCUT2D eigenvalue weighted by molar-refractivity contribution is 5.79. The zero-order chi connectivity index (χ0) is 16.2. The van der Waals surface area contributed by atoms with Gasteiger partial charge in [0.05, 0.1) is 7.11 Å². The molecule has 0 aromatic heterocycles. The maximum Gasteiger partial charge on any atom is 0.193 e.